The molecule has 2 aromatic carbocycles. The van der Waals surface area contributed by atoms with Crippen LogP contribution in [0, 0.1) is 0 Å². The molecule has 2 heterocycles. The Morgan fingerprint density at radius 2 is 2.05 bits per heavy atom. The lowest BCUT2D eigenvalue weighted by molar-refractivity contribution is -0.110. The molecule has 1 atom stereocenters. The zero-order chi connectivity index (χ0) is 14.4. The molecule has 0 saturated carbocycles. The molecule has 0 fully saturated rings. The minimum atomic E-state index is -0.0778. The third-order valence-electron chi connectivity index (χ3n) is 3.77. The van der Waals surface area contributed by atoms with E-state index in [1.165, 1.54) is 11.3 Å². The average Bonchev–Trinajstić information content (AvgIpc) is 3.03. The molecule has 0 radical (unpaired) electrons. The highest BCUT2D eigenvalue weighted by molar-refractivity contribution is 7.39. The molecule has 0 bridgehead atoms. The molecular weight excluding hydrogens is 281 g/mol. The number of nitrogens with one attached hydrogen (secondary N) is 2. The van der Waals surface area contributed by atoms with Crippen molar-refractivity contribution in [3.05, 3.63) is 53.1 Å². The normalized spacial score (nSPS) is 18.5. The summed E-state index contributed by atoms with van der Waals surface area (Å²) in [6.45, 7) is 0. The van der Waals surface area contributed by atoms with E-state index in [1.807, 2.05) is 18.2 Å². The van der Waals surface area contributed by atoms with Crippen molar-refractivity contribution in [1.82, 2.24) is 0 Å². The predicted octanol–water partition coefficient (Wildman–Crippen LogP) is 3.28. The first-order chi connectivity index (χ1) is 10.2. The first-order valence-corrected chi connectivity index (χ1v) is 7.96. The van der Waals surface area contributed by atoms with Crippen LogP contribution in [0.15, 0.2) is 36.4 Å². The van der Waals surface area contributed by atoms with Crippen molar-refractivity contribution in [2.24, 2.45) is 0 Å². The number of hydrogen-bond acceptors (Lipinski definition) is 3. The number of nitrogens with two attached hydrogens (primary N) is 1. The zero-order valence-corrected chi connectivity index (χ0v) is 12.2. The minimum absolute atomic E-state index is 0.0778. The van der Waals surface area contributed by atoms with Crippen molar-refractivity contribution in [2.45, 2.75) is 6.16 Å². The summed E-state index contributed by atoms with van der Waals surface area (Å²) in [7, 11) is 0.752. The fourth-order valence-electron chi connectivity index (χ4n) is 2.71. The summed E-state index contributed by atoms with van der Waals surface area (Å²) in [5, 5.41) is 6.24. The van der Waals surface area contributed by atoms with Gasteiger partial charge in [0.2, 0.25) is 0 Å². The Kier molecular flexibility index (Phi) is 2.72. The third kappa shape index (κ3) is 2.08. The van der Waals surface area contributed by atoms with Crippen LogP contribution in [0.4, 0.5) is 17.1 Å². The minimum Gasteiger partial charge on any atom is -0.399 e. The molecule has 1 unspecified atom stereocenters. The molecule has 1 amide bonds. The summed E-state index contributed by atoms with van der Waals surface area (Å²) in [6, 6.07) is 11.8. The molecule has 2 aromatic rings. The number of nitrogen functional groups attached to an aromatic ring is 1. The van der Waals surface area contributed by atoms with Crippen LogP contribution >= 0.6 is 8.73 Å². The number of rotatable bonds is 1. The summed E-state index contributed by atoms with van der Waals surface area (Å²) in [4.78, 5) is 12.1. The number of fused-ring (bicyclic) bond motifs is 2. The maximum atomic E-state index is 12.1. The average molecular weight is 295 g/mol. The van der Waals surface area contributed by atoms with Gasteiger partial charge in [-0.3, -0.25) is 4.79 Å². The Morgan fingerprint density at radius 1 is 1.14 bits per heavy atom. The fraction of sp³-hybridized carbons (Fsp3) is 0.0625. The van der Waals surface area contributed by atoms with Gasteiger partial charge in [0, 0.05) is 28.7 Å². The molecular formula is C16H14N3OP. The van der Waals surface area contributed by atoms with E-state index >= 15 is 0 Å². The van der Waals surface area contributed by atoms with Gasteiger partial charge in [-0.2, -0.15) is 0 Å². The Hall–Kier alpha value is -2.32. The lowest BCUT2D eigenvalue weighted by Gasteiger charge is -2.03. The van der Waals surface area contributed by atoms with Gasteiger partial charge in [0.15, 0.2) is 0 Å². The van der Waals surface area contributed by atoms with E-state index < -0.39 is 0 Å². The Balaban J connectivity index is 1.78. The molecule has 0 aliphatic carbocycles. The van der Waals surface area contributed by atoms with Crippen LogP contribution in [-0.2, 0) is 11.0 Å². The van der Waals surface area contributed by atoms with Gasteiger partial charge < -0.3 is 16.1 Å². The zero-order valence-electron chi connectivity index (χ0n) is 11.2. The van der Waals surface area contributed by atoms with E-state index in [1.54, 1.807) is 6.07 Å². The molecule has 0 aromatic heterocycles. The van der Waals surface area contributed by atoms with Crippen LogP contribution in [0.3, 0.4) is 0 Å². The highest BCUT2D eigenvalue weighted by Gasteiger charge is 2.24. The standard InChI is InChI=1S/C16H14N3OP/c17-11-3-4-12-13(16(20)18-15(12)7-11)5-9-1-2-10-8-21-19-14(10)6-9/h1-7,19,21H,8,17H2,(H,18,20)/b13-5+. The summed E-state index contributed by atoms with van der Waals surface area (Å²) in [5.74, 6) is -0.0778. The van der Waals surface area contributed by atoms with Crippen molar-refractivity contribution in [3.63, 3.8) is 0 Å². The molecule has 4 N–H and O–H groups in total. The number of benzene rings is 2. The van der Waals surface area contributed by atoms with E-state index in [9.17, 15) is 4.79 Å². The topological polar surface area (TPSA) is 67.1 Å². The van der Waals surface area contributed by atoms with E-state index in [4.69, 9.17) is 5.73 Å². The van der Waals surface area contributed by atoms with Crippen molar-refractivity contribution >= 4 is 43.3 Å². The highest BCUT2D eigenvalue weighted by Crippen LogP contribution is 2.37. The van der Waals surface area contributed by atoms with Gasteiger partial charge in [0.1, 0.15) is 0 Å². The highest BCUT2D eigenvalue weighted by atomic mass is 31.1. The summed E-state index contributed by atoms with van der Waals surface area (Å²) in [5.41, 5.74) is 12.3. The first-order valence-electron chi connectivity index (χ1n) is 6.75. The van der Waals surface area contributed by atoms with E-state index in [0.29, 0.717) is 11.3 Å². The van der Waals surface area contributed by atoms with Gasteiger partial charge in [-0.25, -0.2) is 0 Å². The lowest BCUT2D eigenvalue weighted by Crippen LogP contribution is -2.03. The number of amides is 1. The van der Waals surface area contributed by atoms with Gasteiger partial charge in [-0.1, -0.05) is 18.2 Å². The number of carbonyl (C=O) groups is 1. The van der Waals surface area contributed by atoms with Crippen LogP contribution in [-0.4, -0.2) is 5.91 Å². The van der Waals surface area contributed by atoms with E-state index in [-0.39, 0.29) is 5.91 Å². The summed E-state index contributed by atoms with van der Waals surface area (Å²) in [6.07, 6.45) is 3.02. The lowest BCUT2D eigenvalue weighted by atomic mass is 10.0. The van der Waals surface area contributed by atoms with Crippen LogP contribution < -0.4 is 16.1 Å². The second-order valence-corrected chi connectivity index (χ2v) is 6.17. The SMILES string of the molecule is Nc1ccc2c(c1)NC(=O)/C2=C/c1ccc2c(c1)NPC2. The van der Waals surface area contributed by atoms with Crippen molar-refractivity contribution in [3.8, 4) is 0 Å². The van der Waals surface area contributed by atoms with Crippen LogP contribution in [0.25, 0.3) is 11.6 Å². The third-order valence-corrected chi connectivity index (χ3v) is 4.78. The van der Waals surface area contributed by atoms with Crippen molar-refractivity contribution in [2.75, 3.05) is 16.1 Å². The molecule has 2 aliphatic rings. The van der Waals surface area contributed by atoms with Gasteiger partial charge >= 0.3 is 0 Å². The van der Waals surface area contributed by atoms with Crippen LogP contribution in [0.2, 0.25) is 0 Å². The van der Waals surface area contributed by atoms with Crippen molar-refractivity contribution < 1.29 is 4.79 Å². The van der Waals surface area contributed by atoms with Gasteiger partial charge in [0.05, 0.1) is 5.69 Å². The number of anilines is 3. The second-order valence-electron chi connectivity index (χ2n) is 5.21. The van der Waals surface area contributed by atoms with E-state index in [2.05, 4.69) is 28.6 Å². The van der Waals surface area contributed by atoms with Crippen LogP contribution in [0.5, 0.6) is 0 Å². The number of hydrogen-bond donors (Lipinski definition) is 3. The largest absolute Gasteiger partial charge is 0.399 e. The molecule has 0 spiro atoms. The molecule has 4 nitrogen and oxygen atoms in total. The predicted molar refractivity (Wildman–Crippen MR) is 89.4 cm³/mol. The molecule has 5 heteroatoms. The van der Waals surface area contributed by atoms with Gasteiger partial charge in [0.25, 0.3) is 5.91 Å². The number of carbonyl (C=O) groups excluding carboxylic acids is 1. The Morgan fingerprint density at radius 3 is 2.95 bits per heavy atom. The van der Waals surface area contributed by atoms with Crippen LogP contribution in [0.1, 0.15) is 16.7 Å². The Bertz CT molecular complexity index is 798. The van der Waals surface area contributed by atoms with Crippen molar-refractivity contribution in [1.29, 1.82) is 0 Å². The smallest absolute Gasteiger partial charge is 0.256 e. The summed E-state index contributed by atoms with van der Waals surface area (Å²) < 4.78 is 0. The molecule has 0 saturated heterocycles. The molecule has 4 rings (SSSR count). The quantitative estimate of drug-likeness (QED) is 0.429. The maximum absolute atomic E-state index is 12.1. The maximum Gasteiger partial charge on any atom is 0.256 e. The molecule has 2 aliphatic heterocycles. The Labute approximate surface area is 124 Å². The molecule has 21 heavy (non-hydrogen) atoms. The second kappa shape index (κ2) is 4.61. The summed E-state index contributed by atoms with van der Waals surface area (Å²) >= 11 is 0. The fourth-order valence-corrected chi connectivity index (χ4v) is 3.72. The first kappa shape index (κ1) is 12.4. The van der Waals surface area contributed by atoms with Gasteiger partial charge in [-0.15, -0.1) is 0 Å². The van der Waals surface area contributed by atoms with Gasteiger partial charge in [-0.05, 0) is 44.1 Å². The molecule has 104 valence electrons. The monoisotopic (exact) mass is 295 g/mol. The van der Waals surface area contributed by atoms with E-state index in [0.717, 1.165) is 31.7 Å².